The summed E-state index contributed by atoms with van der Waals surface area (Å²) in [6.07, 6.45) is 1.15. The van der Waals surface area contributed by atoms with E-state index in [0.717, 1.165) is 13.0 Å². The molecule has 0 bridgehead atoms. The monoisotopic (exact) mass is 242 g/mol. The molecule has 96 valence electrons. The Morgan fingerprint density at radius 3 is 2.83 bits per heavy atom. The number of hydrogen-bond donors (Lipinski definition) is 1. The van der Waals surface area contributed by atoms with Crippen LogP contribution in [0.5, 0.6) is 0 Å². The Morgan fingerprint density at radius 2 is 2.11 bits per heavy atom. The topological polar surface area (TPSA) is 17.0 Å². The van der Waals surface area contributed by atoms with Gasteiger partial charge in [-0.05, 0) is 42.5 Å². The third kappa shape index (κ3) is 1.67. The minimum absolute atomic E-state index is 0.589. The van der Waals surface area contributed by atoms with Gasteiger partial charge >= 0.3 is 0 Å². The number of nitrogens with zero attached hydrogens (tertiary/aromatic N) is 1. The molecule has 2 heteroatoms. The van der Waals surface area contributed by atoms with Gasteiger partial charge in [0.1, 0.15) is 0 Å². The van der Waals surface area contributed by atoms with Crippen LogP contribution in [0.15, 0.2) is 18.2 Å². The summed E-state index contributed by atoms with van der Waals surface area (Å²) in [5, 5.41) is 5.02. The lowest BCUT2D eigenvalue weighted by atomic mass is 9.96. The molecule has 1 atom stereocenters. The lowest BCUT2D eigenvalue weighted by molar-refractivity contribution is 0.501. The van der Waals surface area contributed by atoms with Crippen LogP contribution < -0.4 is 5.32 Å². The maximum absolute atomic E-state index is 3.56. The quantitative estimate of drug-likeness (QED) is 0.811. The molecule has 0 fully saturated rings. The van der Waals surface area contributed by atoms with Crippen molar-refractivity contribution in [3.63, 3.8) is 0 Å². The summed E-state index contributed by atoms with van der Waals surface area (Å²) >= 11 is 0. The fraction of sp³-hybridized carbons (Fsp3) is 0.500. The van der Waals surface area contributed by atoms with Crippen LogP contribution in [0.25, 0.3) is 10.9 Å². The van der Waals surface area contributed by atoms with Crippen molar-refractivity contribution in [1.29, 1.82) is 0 Å². The molecule has 2 aromatic rings. The standard InChI is InChI=1S/C16H22N2/c1-10(2)12-5-6-15-14(8-12)13-7-11(3)17-9-16(13)18(15)4/h5-6,8,10-11,17H,7,9H2,1-4H3. The van der Waals surface area contributed by atoms with Crippen LogP contribution in [0.2, 0.25) is 0 Å². The van der Waals surface area contributed by atoms with Gasteiger partial charge in [-0.25, -0.2) is 0 Å². The van der Waals surface area contributed by atoms with Gasteiger partial charge in [0.2, 0.25) is 0 Å². The van der Waals surface area contributed by atoms with Crippen molar-refractivity contribution in [3.8, 4) is 0 Å². The largest absolute Gasteiger partial charge is 0.346 e. The first-order valence-corrected chi connectivity index (χ1v) is 6.91. The van der Waals surface area contributed by atoms with E-state index in [9.17, 15) is 0 Å². The van der Waals surface area contributed by atoms with Crippen LogP contribution in [-0.2, 0) is 20.0 Å². The molecule has 1 aromatic heterocycles. The fourth-order valence-corrected chi connectivity index (χ4v) is 3.05. The van der Waals surface area contributed by atoms with Gasteiger partial charge in [-0.1, -0.05) is 19.9 Å². The van der Waals surface area contributed by atoms with Gasteiger partial charge in [-0.3, -0.25) is 0 Å². The number of rotatable bonds is 1. The second-order valence-electron chi connectivity index (χ2n) is 5.90. The second-order valence-corrected chi connectivity index (χ2v) is 5.90. The second kappa shape index (κ2) is 4.13. The van der Waals surface area contributed by atoms with Crippen molar-refractivity contribution >= 4 is 10.9 Å². The van der Waals surface area contributed by atoms with Crippen molar-refractivity contribution in [2.24, 2.45) is 7.05 Å². The number of hydrogen-bond acceptors (Lipinski definition) is 1. The Kier molecular flexibility index (Phi) is 2.70. The first kappa shape index (κ1) is 11.8. The molecule has 0 saturated heterocycles. The maximum atomic E-state index is 3.56. The predicted molar refractivity (Wildman–Crippen MR) is 77.0 cm³/mol. The summed E-state index contributed by atoms with van der Waals surface area (Å²) in [4.78, 5) is 0. The van der Waals surface area contributed by atoms with Crippen LogP contribution in [0.3, 0.4) is 0 Å². The molecule has 0 spiro atoms. The summed E-state index contributed by atoms with van der Waals surface area (Å²) in [5.41, 5.74) is 5.84. The highest BCUT2D eigenvalue weighted by Gasteiger charge is 2.21. The van der Waals surface area contributed by atoms with Gasteiger partial charge in [0.15, 0.2) is 0 Å². The van der Waals surface area contributed by atoms with E-state index in [-0.39, 0.29) is 0 Å². The van der Waals surface area contributed by atoms with E-state index in [1.54, 1.807) is 5.56 Å². The normalized spacial score (nSPS) is 19.5. The van der Waals surface area contributed by atoms with E-state index < -0.39 is 0 Å². The van der Waals surface area contributed by atoms with Gasteiger partial charge < -0.3 is 9.88 Å². The molecular formula is C16H22N2. The van der Waals surface area contributed by atoms with Crippen molar-refractivity contribution in [3.05, 3.63) is 35.0 Å². The molecule has 1 aliphatic rings. The molecule has 2 nitrogen and oxygen atoms in total. The molecule has 2 heterocycles. The number of fused-ring (bicyclic) bond motifs is 3. The Balaban J connectivity index is 2.25. The average Bonchev–Trinajstić information content (AvgIpc) is 2.62. The van der Waals surface area contributed by atoms with Crippen LogP contribution in [-0.4, -0.2) is 10.6 Å². The van der Waals surface area contributed by atoms with E-state index in [1.165, 1.54) is 22.2 Å². The molecule has 1 aromatic carbocycles. The lowest BCUT2D eigenvalue weighted by Gasteiger charge is -2.21. The predicted octanol–water partition coefficient (Wildman–Crippen LogP) is 3.34. The smallest absolute Gasteiger partial charge is 0.0483 e. The number of aryl methyl sites for hydroxylation is 1. The highest BCUT2D eigenvalue weighted by molar-refractivity contribution is 5.86. The van der Waals surface area contributed by atoms with Gasteiger partial charge in [-0.2, -0.15) is 0 Å². The summed E-state index contributed by atoms with van der Waals surface area (Å²) in [6, 6.07) is 7.55. The Hall–Kier alpha value is -1.28. The molecule has 0 aliphatic carbocycles. The Bertz CT molecular complexity index is 593. The SMILES string of the molecule is CC1Cc2c(n(C)c3ccc(C(C)C)cc23)CN1. The van der Waals surface area contributed by atoms with Crippen molar-refractivity contribution in [1.82, 2.24) is 9.88 Å². The van der Waals surface area contributed by atoms with E-state index in [2.05, 4.69) is 55.9 Å². The van der Waals surface area contributed by atoms with Gasteiger partial charge in [-0.15, -0.1) is 0 Å². The van der Waals surface area contributed by atoms with Crippen molar-refractivity contribution in [2.45, 2.75) is 45.7 Å². The first-order chi connectivity index (χ1) is 8.58. The first-order valence-electron chi connectivity index (χ1n) is 6.91. The summed E-state index contributed by atoms with van der Waals surface area (Å²) in [6.45, 7) is 7.80. The fourth-order valence-electron chi connectivity index (χ4n) is 3.05. The van der Waals surface area contributed by atoms with Crippen LogP contribution in [0.1, 0.15) is 43.5 Å². The zero-order valence-electron chi connectivity index (χ0n) is 11.7. The molecule has 1 N–H and O–H groups in total. The van der Waals surface area contributed by atoms with Crippen LogP contribution in [0.4, 0.5) is 0 Å². The van der Waals surface area contributed by atoms with E-state index in [4.69, 9.17) is 0 Å². The summed E-state index contributed by atoms with van der Waals surface area (Å²) < 4.78 is 2.35. The maximum Gasteiger partial charge on any atom is 0.0483 e. The van der Waals surface area contributed by atoms with E-state index >= 15 is 0 Å². The molecule has 3 rings (SSSR count). The van der Waals surface area contributed by atoms with Crippen molar-refractivity contribution < 1.29 is 0 Å². The molecule has 0 amide bonds. The van der Waals surface area contributed by atoms with E-state index in [0.29, 0.717) is 12.0 Å². The highest BCUT2D eigenvalue weighted by Crippen LogP contribution is 2.31. The summed E-state index contributed by atoms with van der Waals surface area (Å²) in [5.74, 6) is 0.601. The average molecular weight is 242 g/mol. The Labute approximate surface area is 109 Å². The molecule has 18 heavy (non-hydrogen) atoms. The molecule has 1 aliphatic heterocycles. The molecule has 0 saturated carbocycles. The van der Waals surface area contributed by atoms with Crippen LogP contribution >= 0.6 is 0 Å². The minimum Gasteiger partial charge on any atom is -0.346 e. The third-order valence-corrected chi connectivity index (χ3v) is 4.26. The zero-order chi connectivity index (χ0) is 12.9. The van der Waals surface area contributed by atoms with Crippen LogP contribution in [0, 0.1) is 0 Å². The summed E-state index contributed by atoms with van der Waals surface area (Å²) in [7, 11) is 2.19. The van der Waals surface area contributed by atoms with Gasteiger partial charge in [0.05, 0.1) is 0 Å². The molecular weight excluding hydrogens is 220 g/mol. The lowest BCUT2D eigenvalue weighted by Crippen LogP contribution is -2.33. The molecule has 0 radical (unpaired) electrons. The van der Waals surface area contributed by atoms with Gasteiger partial charge in [0.25, 0.3) is 0 Å². The minimum atomic E-state index is 0.589. The number of nitrogens with one attached hydrogen (secondary N) is 1. The van der Waals surface area contributed by atoms with E-state index in [1.807, 2.05) is 0 Å². The van der Waals surface area contributed by atoms with Crippen molar-refractivity contribution in [2.75, 3.05) is 0 Å². The highest BCUT2D eigenvalue weighted by atomic mass is 15.0. The molecule has 1 unspecified atom stereocenters. The zero-order valence-corrected chi connectivity index (χ0v) is 11.7. The number of benzene rings is 1. The number of aromatic nitrogens is 1. The van der Waals surface area contributed by atoms with Gasteiger partial charge in [0, 0.05) is 36.2 Å². The Morgan fingerprint density at radius 1 is 1.33 bits per heavy atom. The third-order valence-electron chi connectivity index (χ3n) is 4.26.